The van der Waals surface area contributed by atoms with Gasteiger partial charge in [-0.3, -0.25) is 19.1 Å². The van der Waals surface area contributed by atoms with Gasteiger partial charge in [0.2, 0.25) is 5.91 Å². The molecule has 1 fully saturated rings. The molecule has 0 saturated carbocycles. The van der Waals surface area contributed by atoms with E-state index in [9.17, 15) is 14.4 Å². The monoisotopic (exact) mass is 438 g/mol. The Morgan fingerprint density at radius 2 is 1.69 bits per heavy atom. The van der Waals surface area contributed by atoms with Crippen molar-refractivity contribution in [2.24, 2.45) is 14.1 Å². The number of carbonyl (C=O) groups is 1. The van der Waals surface area contributed by atoms with Gasteiger partial charge in [-0.15, -0.1) is 0 Å². The van der Waals surface area contributed by atoms with Crippen LogP contribution in [0.15, 0.2) is 40.2 Å². The number of carbonyl (C=O) groups excluding carboxylic acids is 1. The molecule has 170 valence electrons. The van der Waals surface area contributed by atoms with Crippen molar-refractivity contribution in [3.05, 3.63) is 62.6 Å². The van der Waals surface area contributed by atoms with E-state index in [1.165, 1.54) is 22.0 Å². The highest BCUT2D eigenvalue weighted by Crippen LogP contribution is 2.16. The van der Waals surface area contributed by atoms with Crippen molar-refractivity contribution in [1.82, 2.24) is 28.5 Å². The number of piperazine rings is 1. The van der Waals surface area contributed by atoms with Crippen LogP contribution in [0.5, 0.6) is 0 Å². The lowest BCUT2D eigenvalue weighted by atomic mass is 10.0. The van der Waals surface area contributed by atoms with Crippen molar-refractivity contribution >= 4 is 17.1 Å². The molecule has 3 aromatic rings. The van der Waals surface area contributed by atoms with E-state index in [4.69, 9.17) is 0 Å². The molecule has 9 heteroatoms. The Morgan fingerprint density at radius 3 is 2.31 bits per heavy atom. The van der Waals surface area contributed by atoms with Crippen LogP contribution in [0, 0.1) is 0 Å². The third kappa shape index (κ3) is 4.12. The van der Waals surface area contributed by atoms with Gasteiger partial charge in [-0.25, -0.2) is 14.3 Å². The molecule has 0 unspecified atom stereocenters. The summed E-state index contributed by atoms with van der Waals surface area (Å²) in [5.74, 6) is 0.299. The number of rotatable bonds is 5. The fourth-order valence-electron chi connectivity index (χ4n) is 4.19. The zero-order valence-electron chi connectivity index (χ0n) is 19.1. The molecule has 2 aromatic heterocycles. The van der Waals surface area contributed by atoms with Crippen molar-refractivity contribution in [1.29, 1.82) is 0 Å². The number of aromatic nitrogens is 4. The molecule has 3 heterocycles. The molecule has 0 N–H and O–H groups in total. The highest BCUT2D eigenvalue weighted by atomic mass is 16.2. The van der Waals surface area contributed by atoms with E-state index in [2.05, 4.69) is 48.0 Å². The van der Waals surface area contributed by atoms with E-state index in [1.807, 2.05) is 0 Å². The van der Waals surface area contributed by atoms with Crippen LogP contribution < -0.4 is 11.2 Å². The molecule has 1 aromatic carbocycles. The second kappa shape index (κ2) is 8.74. The molecule has 0 radical (unpaired) electrons. The molecular weight excluding hydrogens is 408 g/mol. The molecule has 1 aliphatic heterocycles. The van der Waals surface area contributed by atoms with Gasteiger partial charge in [0.05, 0.1) is 6.33 Å². The van der Waals surface area contributed by atoms with Gasteiger partial charge in [-0.05, 0) is 17.0 Å². The minimum absolute atomic E-state index is 0.216. The van der Waals surface area contributed by atoms with E-state index in [1.54, 1.807) is 23.6 Å². The largest absolute Gasteiger partial charge is 0.339 e. The first kappa shape index (κ1) is 22.0. The summed E-state index contributed by atoms with van der Waals surface area (Å²) < 4.78 is 3.89. The van der Waals surface area contributed by atoms with Gasteiger partial charge in [0.15, 0.2) is 11.2 Å². The van der Waals surface area contributed by atoms with Crippen LogP contribution in [0.4, 0.5) is 0 Å². The van der Waals surface area contributed by atoms with Crippen molar-refractivity contribution in [2.75, 3.05) is 26.2 Å². The Bertz CT molecular complexity index is 1240. The van der Waals surface area contributed by atoms with E-state index in [-0.39, 0.29) is 12.5 Å². The summed E-state index contributed by atoms with van der Waals surface area (Å²) in [6, 6.07) is 8.70. The number of hydrogen-bond donors (Lipinski definition) is 0. The molecule has 1 amide bonds. The molecule has 9 nitrogen and oxygen atoms in total. The SMILES string of the molecule is CC(C)c1ccc(CN2CCN(C(=O)Cn3c(=O)c4c(ncn4C)n(C)c3=O)CC2)cc1. The normalized spacial score (nSPS) is 15.1. The van der Waals surface area contributed by atoms with Crippen LogP contribution in [0.2, 0.25) is 0 Å². The lowest BCUT2D eigenvalue weighted by molar-refractivity contribution is -0.133. The van der Waals surface area contributed by atoms with Crippen LogP contribution >= 0.6 is 0 Å². The smallest absolute Gasteiger partial charge is 0.332 e. The Labute approximate surface area is 186 Å². The summed E-state index contributed by atoms with van der Waals surface area (Å²) in [6.07, 6.45) is 1.49. The van der Waals surface area contributed by atoms with Crippen LogP contribution in [0.3, 0.4) is 0 Å². The third-order valence-corrected chi connectivity index (χ3v) is 6.27. The average Bonchev–Trinajstić information content (AvgIpc) is 3.17. The minimum Gasteiger partial charge on any atom is -0.339 e. The van der Waals surface area contributed by atoms with Gasteiger partial charge in [-0.1, -0.05) is 38.1 Å². The van der Waals surface area contributed by atoms with Gasteiger partial charge in [0, 0.05) is 46.8 Å². The molecule has 4 rings (SSSR count). The van der Waals surface area contributed by atoms with E-state index in [0.29, 0.717) is 30.2 Å². The summed E-state index contributed by atoms with van der Waals surface area (Å²) >= 11 is 0. The average molecular weight is 439 g/mol. The Kier molecular flexibility index (Phi) is 6.01. The van der Waals surface area contributed by atoms with Gasteiger partial charge in [0.25, 0.3) is 5.56 Å². The summed E-state index contributed by atoms with van der Waals surface area (Å²) in [6.45, 7) is 7.61. The first-order valence-electron chi connectivity index (χ1n) is 11.0. The van der Waals surface area contributed by atoms with E-state index < -0.39 is 11.2 Å². The zero-order valence-corrected chi connectivity index (χ0v) is 19.1. The third-order valence-electron chi connectivity index (χ3n) is 6.27. The molecule has 0 spiro atoms. The lowest BCUT2D eigenvalue weighted by Gasteiger charge is -2.34. The maximum absolute atomic E-state index is 12.9. The first-order chi connectivity index (χ1) is 15.3. The quantitative estimate of drug-likeness (QED) is 0.591. The summed E-state index contributed by atoms with van der Waals surface area (Å²) in [7, 11) is 3.26. The van der Waals surface area contributed by atoms with Gasteiger partial charge in [-0.2, -0.15) is 0 Å². The molecule has 32 heavy (non-hydrogen) atoms. The van der Waals surface area contributed by atoms with Crippen LogP contribution in [0.1, 0.15) is 30.9 Å². The summed E-state index contributed by atoms with van der Waals surface area (Å²) in [4.78, 5) is 46.5. The molecule has 1 aliphatic rings. The lowest BCUT2D eigenvalue weighted by Crippen LogP contribution is -2.51. The number of fused-ring (bicyclic) bond motifs is 1. The number of aryl methyl sites for hydroxylation is 2. The Hall–Kier alpha value is -3.20. The fourth-order valence-corrected chi connectivity index (χ4v) is 4.19. The number of amides is 1. The first-order valence-corrected chi connectivity index (χ1v) is 11.0. The van der Waals surface area contributed by atoms with Gasteiger partial charge in [0.1, 0.15) is 6.54 Å². The van der Waals surface area contributed by atoms with E-state index >= 15 is 0 Å². The number of hydrogen-bond acceptors (Lipinski definition) is 5. The maximum Gasteiger partial charge on any atom is 0.332 e. The van der Waals surface area contributed by atoms with Crippen LogP contribution in [-0.2, 0) is 32.0 Å². The Balaban J connectivity index is 1.41. The maximum atomic E-state index is 12.9. The van der Waals surface area contributed by atoms with Crippen LogP contribution in [0.25, 0.3) is 11.2 Å². The van der Waals surface area contributed by atoms with Gasteiger partial charge < -0.3 is 9.47 Å². The molecule has 0 aliphatic carbocycles. The van der Waals surface area contributed by atoms with Crippen molar-refractivity contribution in [3.63, 3.8) is 0 Å². The van der Waals surface area contributed by atoms with E-state index in [0.717, 1.165) is 24.2 Å². The van der Waals surface area contributed by atoms with Crippen LogP contribution in [-0.4, -0.2) is 60.6 Å². The van der Waals surface area contributed by atoms with Crippen molar-refractivity contribution < 1.29 is 4.79 Å². The van der Waals surface area contributed by atoms with Gasteiger partial charge >= 0.3 is 5.69 Å². The number of benzene rings is 1. The molecule has 0 bridgehead atoms. The number of imidazole rings is 1. The summed E-state index contributed by atoms with van der Waals surface area (Å²) in [5, 5.41) is 0. The molecular formula is C23H30N6O3. The molecule has 0 atom stereocenters. The zero-order chi connectivity index (χ0) is 23.0. The second-order valence-electron chi connectivity index (χ2n) is 8.81. The Morgan fingerprint density at radius 1 is 1.03 bits per heavy atom. The van der Waals surface area contributed by atoms with Crippen molar-refractivity contribution in [2.45, 2.75) is 32.9 Å². The minimum atomic E-state index is -0.530. The summed E-state index contributed by atoms with van der Waals surface area (Å²) in [5.41, 5.74) is 2.20. The fraction of sp³-hybridized carbons (Fsp3) is 0.478. The number of nitrogens with zero attached hydrogens (tertiary/aromatic N) is 6. The molecule has 1 saturated heterocycles. The predicted octanol–water partition coefficient (Wildman–Crippen LogP) is 0.902. The van der Waals surface area contributed by atoms with Crippen molar-refractivity contribution in [3.8, 4) is 0 Å². The standard InChI is InChI=1S/C23H30N6O3/c1-16(2)18-7-5-17(6-8-18)13-27-9-11-28(12-10-27)19(30)14-29-22(31)20-21(24-15-25(20)3)26(4)23(29)32/h5-8,15-16H,9-14H2,1-4H3. The highest BCUT2D eigenvalue weighted by molar-refractivity contribution is 5.77. The topological polar surface area (TPSA) is 85.4 Å². The second-order valence-corrected chi connectivity index (χ2v) is 8.81. The predicted molar refractivity (Wildman–Crippen MR) is 123 cm³/mol. The highest BCUT2D eigenvalue weighted by Gasteiger charge is 2.24.